The molecular formula is C16H16F3NO. The van der Waals surface area contributed by atoms with Crippen LogP contribution in [0.1, 0.15) is 24.1 Å². The number of rotatable bonds is 4. The van der Waals surface area contributed by atoms with E-state index in [1.807, 2.05) is 0 Å². The van der Waals surface area contributed by atoms with Gasteiger partial charge in [0.2, 0.25) is 0 Å². The number of hydrogen-bond donors (Lipinski definition) is 1. The van der Waals surface area contributed by atoms with Gasteiger partial charge in [0.15, 0.2) is 17.4 Å². The molecule has 0 saturated heterocycles. The van der Waals surface area contributed by atoms with Crippen molar-refractivity contribution in [1.82, 2.24) is 0 Å². The third-order valence-corrected chi connectivity index (χ3v) is 3.32. The second kappa shape index (κ2) is 6.08. The molecule has 1 atom stereocenters. The summed E-state index contributed by atoms with van der Waals surface area (Å²) in [6.07, 6.45) is 0. The molecule has 0 amide bonds. The van der Waals surface area contributed by atoms with Crippen LogP contribution in [0.15, 0.2) is 30.3 Å². The molecule has 21 heavy (non-hydrogen) atoms. The maximum absolute atomic E-state index is 14.0. The Labute approximate surface area is 121 Å². The number of ether oxygens (including phenoxy) is 1. The van der Waals surface area contributed by atoms with E-state index in [2.05, 4.69) is 5.32 Å². The van der Waals surface area contributed by atoms with Crippen molar-refractivity contribution < 1.29 is 17.9 Å². The molecule has 0 aliphatic rings. The van der Waals surface area contributed by atoms with Gasteiger partial charge in [0.25, 0.3) is 0 Å². The lowest BCUT2D eigenvalue weighted by atomic mass is 10.1. The standard InChI is InChI=1S/C16H16F3NO/c1-9-4-6-13(18)16(15(9)19)20-10(2)11-5-7-12(17)14(8-11)21-3/h4-8,10,20H,1-3H3. The number of anilines is 1. The minimum atomic E-state index is -0.668. The number of hydrogen-bond acceptors (Lipinski definition) is 2. The molecule has 0 bridgehead atoms. The molecule has 0 heterocycles. The molecule has 0 radical (unpaired) electrons. The van der Waals surface area contributed by atoms with Crippen molar-refractivity contribution >= 4 is 5.69 Å². The minimum absolute atomic E-state index is 0.0892. The van der Waals surface area contributed by atoms with Crippen LogP contribution < -0.4 is 10.1 Å². The van der Waals surface area contributed by atoms with Gasteiger partial charge in [-0.05, 0) is 43.2 Å². The molecule has 2 aromatic rings. The Morgan fingerprint density at radius 1 is 1.05 bits per heavy atom. The zero-order valence-electron chi connectivity index (χ0n) is 12.0. The van der Waals surface area contributed by atoms with E-state index in [0.717, 1.165) is 0 Å². The first kappa shape index (κ1) is 15.2. The second-order valence-electron chi connectivity index (χ2n) is 4.81. The van der Waals surface area contributed by atoms with Crippen LogP contribution in [-0.2, 0) is 0 Å². The Morgan fingerprint density at radius 3 is 2.38 bits per heavy atom. The highest BCUT2D eigenvalue weighted by molar-refractivity contribution is 5.51. The summed E-state index contributed by atoms with van der Waals surface area (Å²) in [5.41, 5.74) is 0.821. The van der Waals surface area contributed by atoms with Gasteiger partial charge in [0.05, 0.1) is 7.11 Å². The van der Waals surface area contributed by atoms with E-state index >= 15 is 0 Å². The van der Waals surface area contributed by atoms with Crippen molar-refractivity contribution in [2.75, 3.05) is 12.4 Å². The first-order chi connectivity index (χ1) is 9.93. The normalized spacial score (nSPS) is 12.1. The first-order valence-corrected chi connectivity index (χ1v) is 6.48. The van der Waals surface area contributed by atoms with Gasteiger partial charge in [0, 0.05) is 6.04 Å². The minimum Gasteiger partial charge on any atom is -0.494 e. The molecule has 0 saturated carbocycles. The summed E-state index contributed by atoms with van der Waals surface area (Å²) in [7, 11) is 1.36. The van der Waals surface area contributed by atoms with Crippen LogP contribution in [0.4, 0.5) is 18.9 Å². The van der Waals surface area contributed by atoms with Gasteiger partial charge in [-0.2, -0.15) is 0 Å². The molecule has 112 valence electrons. The SMILES string of the molecule is COc1cc(C(C)Nc2c(F)ccc(C)c2F)ccc1F. The molecule has 2 rings (SSSR count). The zero-order chi connectivity index (χ0) is 15.6. The summed E-state index contributed by atoms with van der Waals surface area (Å²) in [4.78, 5) is 0. The Bertz CT molecular complexity index is 658. The highest BCUT2D eigenvalue weighted by Crippen LogP contribution is 2.28. The lowest BCUT2D eigenvalue weighted by Crippen LogP contribution is -2.10. The maximum atomic E-state index is 14.0. The summed E-state index contributed by atoms with van der Waals surface area (Å²) in [6.45, 7) is 3.29. The largest absolute Gasteiger partial charge is 0.494 e. The molecule has 2 nitrogen and oxygen atoms in total. The summed E-state index contributed by atoms with van der Waals surface area (Å²) in [6, 6.07) is 6.47. The quantitative estimate of drug-likeness (QED) is 0.890. The lowest BCUT2D eigenvalue weighted by Gasteiger charge is -2.18. The third kappa shape index (κ3) is 3.12. The zero-order valence-corrected chi connectivity index (χ0v) is 12.0. The molecule has 2 aromatic carbocycles. The van der Waals surface area contributed by atoms with E-state index in [1.54, 1.807) is 19.9 Å². The van der Waals surface area contributed by atoms with E-state index in [0.29, 0.717) is 11.1 Å². The smallest absolute Gasteiger partial charge is 0.165 e. The number of aryl methyl sites for hydroxylation is 1. The van der Waals surface area contributed by atoms with Crippen LogP contribution in [-0.4, -0.2) is 7.11 Å². The van der Waals surface area contributed by atoms with Gasteiger partial charge >= 0.3 is 0 Å². The van der Waals surface area contributed by atoms with E-state index in [9.17, 15) is 13.2 Å². The average molecular weight is 295 g/mol. The molecule has 0 aliphatic carbocycles. The molecule has 1 N–H and O–H groups in total. The second-order valence-corrected chi connectivity index (χ2v) is 4.81. The number of methoxy groups -OCH3 is 1. The summed E-state index contributed by atoms with van der Waals surface area (Å²) in [5.74, 6) is -1.69. The Morgan fingerprint density at radius 2 is 1.71 bits per heavy atom. The van der Waals surface area contributed by atoms with Crippen LogP contribution in [0.2, 0.25) is 0 Å². The highest BCUT2D eigenvalue weighted by atomic mass is 19.1. The van der Waals surface area contributed by atoms with Crippen LogP contribution in [0.5, 0.6) is 5.75 Å². The van der Waals surface area contributed by atoms with Gasteiger partial charge < -0.3 is 10.1 Å². The Kier molecular flexibility index (Phi) is 4.40. The van der Waals surface area contributed by atoms with Crippen LogP contribution in [0, 0.1) is 24.4 Å². The van der Waals surface area contributed by atoms with Crippen molar-refractivity contribution in [2.24, 2.45) is 0 Å². The van der Waals surface area contributed by atoms with E-state index in [-0.39, 0.29) is 11.4 Å². The van der Waals surface area contributed by atoms with Gasteiger partial charge in [-0.15, -0.1) is 0 Å². The average Bonchev–Trinajstić information content (AvgIpc) is 2.48. The molecule has 0 aliphatic heterocycles. The predicted molar refractivity (Wildman–Crippen MR) is 76.1 cm³/mol. The van der Waals surface area contributed by atoms with Crippen molar-refractivity contribution in [1.29, 1.82) is 0 Å². The molecule has 0 spiro atoms. The number of nitrogens with one attached hydrogen (secondary N) is 1. The van der Waals surface area contributed by atoms with Gasteiger partial charge in [0.1, 0.15) is 11.5 Å². The number of benzene rings is 2. The highest BCUT2D eigenvalue weighted by Gasteiger charge is 2.16. The van der Waals surface area contributed by atoms with E-state index < -0.39 is 23.5 Å². The molecule has 0 aromatic heterocycles. The van der Waals surface area contributed by atoms with Gasteiger partial charge in [-0.3, -0.25) is 0 Å². The summed E-state index contributed by atoms with van der Waals surface area (Å²) in [5, 5.41) is 2.78. The Balaban J connectivity index is 2.30. The fraction of sp³-hybridized carbons (Fsp3) is 0.250. The topological polar surface area (TPSA) is 21.3 Å². The predicted octanol–water partition coefficient (Wildman–Crippen LogP) is 4.59. The van der Waals surface area contributed by atoms with Crippen molar-refractivity contribution in [3.05, 3.63) is 58.9 Å². The van der Waals surface area contributed by atoms with Crippen LogP contribution in [0.3, 0.4) is 0 Å². The Hall–Kier alpha value is -2.17. The first-order valence-electron chi connectivity index (χ1n) is 6.48. The number of halogens is 3. The van der Waals surface area contributed by atoms with E-state index in [4.69, 9.17) is 4.74 Å². The van der Waals surface area contributed by atoms with Crippen molar-refractivity contribution in [3.63, 3.8) is 0 Å². The summed E-state index contributed by atoms with van der Waals surface area (Å²) >= 11 is 0. The monoisotopic (exact) mass is 295 g/mol. The van der Waals surface area contributed by atoms with Crippen LogP contribution >= 0.6 is 0 Å². The van der Waals surface area contributed by atoms with Gasteiger partial charge in [-0.25, -0.2) is 13.2 Å². The van der Waals surface area contributed by atoms with Crippen LogP contribution in [0.25, 0.3) is 0 Å². The third-order valence-electron chi connectivity index (χ3n) is 3.32. The molecule has 1 unspecified atom stereocenters. The lowest BCUT2D eigenvalue weighted by molar-refractivity contribution is 0.385. The molecular weight excluding hydrogens is 279 g/mol. The van der Waals surface area contributed by atoms with E-state index in [1.165, 1.54) is 31.4 Å². The maximum Gasteiger partial charge on any atom is 0.165 e. The van der Waals surface area contributed by atoms with Crippen molar-refractivity contribution in [3.8, 4) is 5.75 Å². The van der Waals surface area contributed by atoms with Crippen molar-refractivity contribution in [2.45, 2.75) is 19.9 Å². The van der Waals surface area contributed by atoms with Gasteiger partial charge in [-0.1, -0.05) is 12.1 Å². The fourth-order valence-electron chi connectivity index (χ4n) is 2.03. The fourth-order valence-corrected chi connectivity index (χ4v) is 2.03. The molecule has 5 heteroatoms. The summed E-state index contributed by atoms with van der Waals surface area (Å²) < 4.78 is 46.0. The molecule has 0 fully saturated rings.